The van der Waals surface area contributed by atoms with E-state index in [0.29, 0.717) is 10.2 Å². The number of ether oxygens (including phenoxy) is 1. The first-order valence-electron chi connectivity index (χ1n) is 6.23. The molecule has 0 spiro atoms. The van der Waals surface area contributed by atoms with Crippen molar-refractivity contribution in [1.82, 2.24) is 4.98 Å². The SMILES string of the molecule is O=C(OCc1ccccc1)N(OC(F)(F)F)c1ccc(Br)nc1. The largest absolute Gasteiger partial charge is 0.544 e. The van der Waals surface area contributed by atoms with E-state index in [1.54, 1.807) is 30.3 Å². The van der Waals surface area contributed by atoms with Crippen LogP contribution in [-0.2, 0) is 16.2 Å². The number of carbonyl (C=O) groups excluding carboxylic acids is 1. The van der Waals surface area contributed by atoms with Gasteiger partial charge in [0.1, 0.15) is 11.2 Å². The summed E-state index contributed by atoms with van der Waals surface area (Å²) in [6, 6.07) is 11.1. The van der Waals surface area contributed by atoms with Crippen LogP contribution in [0.4, 0.5) is 23.7 Å². The van der Waals surface area contributed by atoms with Gasteiger partial charge in [-0.3, -0.25) is 0 Å². The van der Waals surface area contributed by atoms with Crippen LogP contribution in [0, 0.1) is 0 Å². The smallest absolute Gasteiger partial charge is 0.443 e. The minimum atomic E-state index is -5.06. The lowest BCUT2D eigenvalue weighted by Gasteiger charge is -2.21. The number of hydrogen-bond donors (Lipinski definition) is 0. The van der Waals surface area contributed by atoms with Crippen molar-refractivity contribution in [2.24, 2.45) is 0 Å². The van der Waals surface area contributed by atoms with Gasteiger partial charge in [0.15, 0.2) is 0 Å². The second kappa shape index (κ2) is 7.42. The number of rotatable bonds is 4. The monoisotopic (exact) mass is 390 g/mol. The highest BCUT2D eigenvalue weighted by Crippen LogP contribution is 2.25. The maximum atomic E-state index is 12.5. The first-order chi connectivity index (χ1) is 10.8. The van der Waals surface area contributed by atoms with Crippen LogP contribution in [-0.4, -0.2) is 17.4 Å². The zero-order chi connectivity index (χ0) is 16.9. The molecule has 1 aromatic heterocycles. The molecule has 0 fully saturated rings. The minimum Gasteiger partial charge on any atom is -0.443 e. The summed E-state index contributed by atoms with van der Waals surface area (Å²) in [6.07, 6.45) is -5.33. The maximum Gasteiger partial charge on any atom is 0.544 e. The number of aromatic nitrogens is 1. The summed E-state index contributed by atoms with van der Waals surface area (Å²) in [5, 5.41) is 0.00236. The Morgan fingerprint density at radius 3 is 2.43 bits per heavy atom. The van der Waals surface area contributed by atoms with Gasteiger partial charge in [-0.15, -0.1) is 18.2 Å². The fraction of sp³-hybridized carbons (Fsp3) is 0.143. The normalized spacial score (nSPS) is 11.1. The van der Waals surface area contributed by atoms with E-state index < -0.39 is 12.5 Å². The molecule has 0 saturated carbocycles. The summed E-state index contributed by atoms with van der Waals surface area (Å²) in [7, 11) is 0. The van der Waals surface area contributed by atoms with Gasteiger partial charge in [-0.05, 0) is 33.6 Å². The molecular weight excluding hydrogens is 381 g/mol. The molecule has 5 nitrogen and oxygen atoms in total. The predicted molar refractivity (Wildman–Crippen MR) is 78.2 cm³/mol. The van der Waals surface area contributed by atoms with Gasteiger partial charge in [-0.1, -0.05) is 30.3 Å². The first kappa shape index (κ1) is 17.2. The molecule has 0 radical (unpaired) electrons. The van der Waals surface area contributed by atoms with Crippen molar-refractivity contribution in [3.8, 4) is 0 Å². The van der Waals surface area contributed by atoms with Crippen molar-refractivity contribution in [3.05, 3.63) is 58.8 Å². The lowest BCUT2D eigenvalue weighted by molar-refractivity contribution is -0.326. The molecule has 0 aliphatic rings. The Morgan fingerprint density at radius 1 is 1.17 bits per heavy atom. The molecule has 0 N–H and O–H groups in total. The highest BCUT2D eigenvalue weighted by molar-refractivity contribution is 9.10. The zero-order valence-electron chi connectivity index (χ0n) is 11.5. The van der Waals surface area contributed by atoms with Crippen molar-refractivity contribution >= 4 is 27.7 Å². The summed E-state index contributed by atoms with van der Waals surface area (Å²) in [4.78, 5) is 19.4. The zero-order valence-corrected chi connectivity index (χ0v) is 13.0. The van der Waals surface area contributed by atoms with Gasteiger partial charge in [0.05, 0.1) is 11.9 Å². The number of carbonyl (C=O) groups is 1. The number of alkyl halides is 3. The highest BCUT2D eigenvalue weighted by Gasteiger charge is 2.37. The number of benzene rings is 1. The van der Waals surface area contributed by atoms with E-state index in [2.05, 4.69) is 25.8 Å². The highest BCUT2D eigenvalue weighted by atomic mass is 79.9. The molecular formula is C14H10BrF3N2O3. The molecule has 0 saturated heterocycles. The predicted octanol–water partition coefficient (Wildman–Crippen LogP) is 4.44. The van der Waals surface area contributed by atoms with Gasteiger partial charge >= 0.3 is 12.5 Å². The van der Waals surface area contributed by atoms with E-state index in [1.165, 1.54) is 12.1 Å². The third-order valence-electron chi connectivity index (χ3n) is 2.51. The van der Waals surface area contributed by atoms with Gasteiger partial charge in [0.25, 0.3) is 0 Å². The van der Waals surface area contributed by atoms with Crippen molar-refractivity contribution in [2.75, 3.05) is 5.06 Å². The average molecular weight is 391 g/mol. The second-order valence-corrected chi connectivity index (χ2v) is 5.02. The van der Waals surface area contributed by atoms with E-state index in [4.69, 9.17) is 4.74 Å². The maximum absolute atomic E-state index is 12.5. The van der Waals surface area contributed by atoms with Crippen LogP contribution in [0.5, 0.6) is 0 Å². The number of amides is 1. The molecule has 122 valence electrons. The van der Waals surface area contributed by atoms with Gasteiger partial charge in [-0.25, -0.2) is 9.78 Å². The lowest BCUT2D eigenvalue weighted by Crippen LogP contribution is -2.37. The fourth-order valence-corrected chi connectivity index (χ4v) is 1.80. The van der Waals surface area contributed by atoms with Crippen molar-refractivity contribution < 1.29 is 27.5 Å². The van der Waals surface area contributed by atoms with E-state index in [1.807, 2.05) is 0 Å². The molecule has 2 rings (SSSR count). The number of hydrogen-bond acceptors (Lipinski definition) is 4. The molecule has 0 atom stereocenters. The van der Waals surface area contributed by atoms with Crippen molar-refractivity contribution in [1.29, 1.82) is 0 Å². The van der Waals surface area contributed by atoms with Crippen LogP contribution in [0.25, 0.3) is 0 Å². The molecule has 1 heterocycles. The van der Waals surface area contributed by atoms with Gasteiger partial charge in [0, 0.05) is 0 Å². The topological polar surface area (TPSA) is 51.7 Å². The molecule has 0 unspecified atom stereocenters. The summed E-state index contributed by atoms with van der Waals surface area (Å²) in [6.45, 7) is -0.193. The Morgan fingerprint density at radius 2 is 1.87 bits per heavy atom. The number of pyridine rings is 1. The van der Waals surface area contributed by atoms with E-state index in [-0.39, 0.29) is 17.4 Å². The summed E-state index contributed by atoms with van der Waals surface area (Å²) >= 11 is 3.05. The molecule has 1 amide bonds. The van der Waals surface area contributed by atoms with Crippen LogP contribution in [0.1, 0.15) is 5.56 Å². The van der Waals surface area contributed by atoms with Gasteiger partial charge < -0.3 is 4.74 Å². The molecule has 0 aliphatic heterocycles. The van der Waals surface area contributed by atoms with Crippen LogP contribution in [0.15, 0.2) is 53.3 Å². The molecule has 9 heteroatoms. The summed E-state index contributed by atoms with van der Waals surface area (Å²) in [5.41, 5.74) is 0.408. The molecule has 23 heavy (non-hydrogen) atoms. The number of halogens is 4. The summed E-state index contributed by atoms with van der Waals surface area (Å²) < 4.78 is 42.7. The third-order valence-corrected chi connectivity index (χ3v) is 2.98. The Kier molecular flexibility index (Phi) is 5.56. The Labute approximate surface area is 137 Å². The molecule has 1 aromatic carbocycles. The van der Waals surface area contributed by atoms with Crippen LogP contribution < -0.4 is 5.06 Å². The van der Waals surface area contributed by atoms with E-state index in [0.717, 1.165) is 6.20 Å². The number of anilines is 1. The van der Waals surface area contributed by atoms with Crippen molar-refractivity contribution in [2.45, 2.75) is 13.0 Å². The quantitative estimate of drug-likeness (QED) is 0.571. The number of hydroxylamine groups is 1. The Balaban J connectivity index is 2.12. The molecule has 0 bridgehead atoms. The Hall–Kier alpha value is -2.13. The van der Waals surface area contributed by atoms with Crippen LogP contribution >= 0.6 is 15.9 Å². The molecule has 2 aromatic rings. The van der Waals surface area contributed by atoms with Crippen LogP contribution in [0.2, 0.25) is 0 Å². The standard InChI is InChI=1S/C14H10BrF3N2O3/c15-12-7-6-11(8-19-12)20(23-14(16,17)18)13(21)22-9-10-4-2-1-3-5-10/h1-8H,9H2. The van der Waals surface area contributed by atoms with Gasteiger partial charge in [0.2, 0.25) is 0 Å². The fourth-order valence-electron chi connectivity index (χ4n) is 1.56. The van der Waals surface area contributed by atoms with Crippen LogP contribution in [0.3, 0.4) is 0 Å². The Bertz CT molecular complexity index is 651. The second-order valence-electron chi connectivity index (χ2n) is 4.21. The molecule has 0 aliphatic carbocycles. The van der Waals surface area contributed by atoms with E-state index >= 15 is 0 Å². The number of nitrogens with zero attached hydrogens (tertiary/aromatic N) is 2. The average Bonchev–Trinajstić information content (AvgIpc) is 2.51. The third kappa shape index (κ3) is 5.53. The first-order valence-corrected chi connectivity index (χ1v) is 7.03. The minimum absolute atomic E-state index is 0.00236. The van der Waals surface area contributed by atoms with Crippen molar-refractivity contribution in [3.63, 3.8) is 0 Å². The lowest BCUT2D eigenvalue weighted by atomic mass is 10.2. The van der Waals surface area contributed by atoms with Gasteiger partial charge in [-0.2, -0.15) is 4.84 Å². The van der Waals surface area contributed by atoms with E-state index in [9.17, 15) is 18.0 Å². The summed E-state index contributed by atoms with van der Waals surface area (Å²) in [5.74, 6) is 0.